The molecule has 0 aliphatic rings. The lowest BCUT2D eigenvalue weighted by atomic mass is 10.1. The molecular weight excluding hydrogens is 307 g/mol. The predicted molar refractivity (Wildman–Crippen MR) is 87.7 cm³/mol. The van der Waals surface area contributed by atoms with Crippen molar-refractivity contribution in [1.29, 1.82) is 0 Å². The van der Waals surface area contributed by atoms with Crippen LogP contribution in [0.1, 0.15) is 55.9 Å². The van der Waals surface area contributed by atoms with Crippen LogP contribution in [-0.2, 0) is 0 Å². The molecule has 114 valence electrons. The highest BCUT2D eigenvalue weighted by atomic mass is 35.5. The summed E-state index contributed by atoms with van der Waals surface area (Å²) in [6.07, 6.45) is 0. The van der Waals surface area contributed by atoms with E-state index in [1.165, 1.54) is 6.07 Å². The van der Waals surface area contributed by atoms with Crippen LogP contribution in [0.25, 0.3) is 0 Å². The number of hydrogen-bond acceptors (Lipinski definition) is 3. The Bertz CT molecular complexity index is 610. The molecule has 2 rings (SSSR count). The van der Waals surface area contributed by atoms with E-state index in [9.17, 15) is 4.39 Å². The van der Waals surface area contributed by atoms with E-state index in [0.29, 0.717) is 16.5 Å². The zero-order chi connectivity index (χ0) is 15.6. The summed E-state index contributed by atoms with van der Waals surface area (Å²) in [5.74, 6) is 0.0618. The highest BCUT2D eigenvalue weighted by Crippen LogP contribution is 2.30. The summed E-state index contributed by atoms with van der Waals surface area (Å²) in [6, 6.07) is 4.76. The first-order valence-corrected chi connectivity index (χ1v) is 8.30. The van der Waals surface area contributed by atoms with Crippen molar-refractivity contribution in [3.8, 4) is 0 Å². The molecule has 0 saturated carbocycles. The molecule has 2 nitrogen and oxygen atoms in total. The van der Waals surface area contributed by atoms with Gasteiger partial charge in [-0.2, -0.15) is 0 Å². The monoisotopic (exact) mass is 326 g/mol. The van der Waals surface area contributed by atoms with Crippen molar-refractivity contribution in [2.45, 2.75) is 45.7 Å². The second-order valence-corrected chi connectivity index (χ2v) is 7.01. The first kappa shape index (κ1) is 16.4. The van der Waals surface area contributed by atoms with Crippen LogP contribution in [-0.4, -0.2) is 11.0 Å². The number of halogens is 2. The van der Waals surface area contributed by atoms with Crippen LogP contribution < -0.4 is 5.32 Å². The molecule has 1 heterocycles. The van der Waals surface area contributed by atoms with Crippen LogP contribution in [0.4, 0.5) is 4.39 Å². The van der Waals surface area contributed by atoms with Gasteiger partial charge in [0.2, 0.25) is 0 Å². The molecule has 1 aromatic heterocycles. The Morgan fingerprint density at radius 2 is 1.95 bits per heavy atom. The van der Waals surface area contributed by atoms with Gasteiger partial charge in [0.25, 0.3) is 0 Å². The average molecular weight is 327 g/mol. The minimum absolute atomic E-state index is 0.219. The summed E-state index contributed by atoms with van der Waals surface area (Å²) in [6.45, 7) is 8.29. The van der Waals surface area contributed by atoms with Gasteiger partial charge in [-0.1, -0.05) is 31.5 Å². The van der Waals surface area contributed by atoms with E-state index in [0.717, 1.165) is 10.7 Å². The number of nitrogens with one attached hydrogen (secondary N) is 1. The van der Waals surface area contributed by atoms with Crippen LogP contribution in [0.5, 0.6) is 0 Å². The van der Waals surface area contributed by atoms with E-state index in [2.05, 4.69) is 24.1 Å². The van der Waals surface area contributed by atoms with Gasteiger partial charge in [0.1, 0.15) is 10.8 Å². The second kappa shape index (κ2) is 6.86. The van der Waals surface area contributed by atoms with E-state index in [1.54, 1.807) is 23.5 Å². The van der Waals surface area contributed by atoms with Gasteiger partial charge in [-0.15, -0.1) is 11.3 Å². The molecule has 21 heavy (non-hydrogen) atoms. The zero-order valence-corrected chi connectivity index (χ0v) is 14.2. The predicted octanol–water partition coefficient (Wildman–Crippen LogP) is 5.15. The molecule has 1 N–H and O–H groups in total. The molecule has 0 radical (unpaired) electrons. The summed E-state index contributed by atoms with van der Waals surface area (Å²) >= 11 is 7.41. The molecule has 5 heteroatoms. The second-order valence-electron chi connectivity index (χ2n) is 5.69. The average Bonchev–Trinajstić information content (AvgIpc) is 2.85. The molecule has 0 amide bonds. The minimum atomic E-state index is -0.304. The maximum Gasteiger partial charge on any atom is 0.129 e. The molecule has 1 unspecified atom stereocenters. The molecule has 0 saturated heterocycles. The van der Waals surface area contributed by atoms with Crippen LogP contribution in [0.2, 0.25) is 5.02 Å². The van der Waals surface area contributed by atoms with Gasteiger partial charge >= 0.3 is 0 Å². The van der Waals surface area contributed by atoms with Crippen LogP contribution in [0, 0.1) is 5.82 Å². The van der Waals surface area contributed by atoms with Crippen molar-refractivity contribution in [2.24, 2.45) is 0 Å². The smallest absolute Gasteiger partial charge is 0.129 e. The molecule has 0 aliphatic carbocycles. The minimum Gasteiger partial charge on any atom is -0.302 e. The lowest BCUT2D eigenvalue weighted by Crippen LogP contribution is -2.29. The highest BCUT2D eigenvalue weighted by molar-refractivity contribution is 7.09. The number of rotatable bonds is 5. The Morgan fingerprint density at radius 3 is 2.48 bits per heavy atom. The normalized spacial score (nSPS) is 13.1. The third-order valence-electron chi connectivity index (χ3n) is 3.15. The fourth-order valence-electron chi connectivity index (χ4n) is 2.06. The summed E-state index contributed by atoms with van der Waals surface area (Å²) in [7, 11) is 0. The highest BCUT2D eigenvalue weighted by Gasteiger charge is 2.22. The summed E-state index contributed by atoms with van der Waals surface area (Å²) < 4.78 is 14.3. The van der Waals surface area contributed by atoms with Crippen molar-refractivity contribution in [3.63, 3.8) is 0 Å². The first-order valence-electron chi connectivity index (χ1n) is 7.04. The Morgan fingerprint density at radius 1 is 1.24 bits per heavy atom. The maximum atomic E-state index is 14.3. The van der Waals surface area contributed by atoms with E-state index in [-0.39, 0.29) is 17.9 Å². The van der Waals surface area contributed by atoms with Crippen molar-refractivity contribution in [3.05, 3.63) is 50.7 Å². The SMILES string of the molecule is CC(C)NC(c1nc(C(C)C)cs1)c1ccc(Cl)cc1F. The quantitative estimate of drug-likeness (QED) is 0.822. The third-order valence-corrected chi connectivity index (χ3v) is 4.31. The molecule has 2 aromatic rings. The van der Waals surface area contributed by atoms with Gasteiger partial charge < -0.3 is 5.32 Å². The molecular formula is C16H20ClFN2S. The molecule has 0 fully saturated rings. The van der Waals surface area contributed by atoms with Gasteiger partial charge in [0, 0.05) is 22.0 Å². The number of nitrogens with zero attached hydrogens (tertiary/aromatic N) is 1. The Labute approximate surface area is 134 Å². The van der Waals surface area contributed by atoms with Crippen molar-refractivity contribution < 1.29 is 4.39 Å². The molecule has 0 aliphatic heterocycles. The van der Waals surface area contributed by atoms with Crippen molar-refractivity contribution in [1.82, 2.24) is 10.3 Å². The Hall–Kier alpha value is -0.970. The molecule has 1 atom stereocenters. The first-order chi connectivity index (χ1) is 9.88. The number of thiazole rings is 1. The number of hydrogen-bond donors (Lipinski definition) is 1. The summed E-state index contributed by atoms with van der Waals surface area (Å²) in [4.78, 5) is 4.66. The number of aromatic nitrogens is 1. The molecule has 1 aromatic carbocycles. The van der Waals surface area contributed by atoms with Gasteiger partial charge in [-0.25, -0.2) is 9.37 Å². The molecule has 0 spiro atoms. The van der Waals surface area contributed by atoms with Crippen molar-refractivity contribution >= 4 is 22.9 Å². The van der Waals surface area contributed by atoms with Gasteiger partial charge in [-0.05, 0) is 31.9 Å². The lowest BCUT2D eigenvalue weighted by molar-refractivity contribution is 0.501. The van der Waals surface area contributed by atoms with Crippen LogP contribution in [0.3, 0.4) is 0 Å². The lowest BCUT2D eigenvalue weighted by Gasteiger charge is -2.20. The fraction of sp³-hybridized carbons (Fsp3) is 0.438. The Kier molecular flexibility index (Phi) is 5.36. The van der Waals surface area contributed by atoms with Gasteiger partial charge in [0.05, 0.1) is 11.7 Å². The fourth-order valence-corrected chi connectivity index (χ4v) is 3.28. The van der Waals surface area contributed by atoms with Gasteiger partial charge in [-0.3, -0.25) is 0 Å². The largest absolute Gasteiger partial charge is 0.302 e. The van der Waals surface area contributed by atoms with Crippen LogP contribution in [0.15, 0.2) is 23.6 Å². The topological polar surface area (TPSA) is 24.9 Å². The van der Waals surface area contributed by atoms with Gasteiger partial charge in [0.15, 0.2) is 0 Å². The van der Waals surface area contributed by atoms with E-state index in [1.807, 2.05) is 19.2 Å². The number of benzene rings is 1. The van der Waals surface area contributed by atoms with Crippen molar-refractivity contribution in [2.75, 3.05) is 0 Å². The van der Waals surface area contributed by atoms with E-state index >= 15 is 0 Å². The Balaban J connectivity index is 2.41. The summed E-state index contributed by atoms with van der Waals surface area (Å²) in [5, 5.41) is 6.72. The molecule has 0 bridgehead atoms. The maximum absolute atomic E-state index is 14.3. The third kappa shape index (κ3) is 4.02. The van der Waals surface area contributed by atoms with E-state index in [4.69, 9.17) is 11.6 Å². The van der Waals surface area contributed by atoms with Crippen LogP contribution >= 0.6 is 22.9 Å². The van der Waals surface area contributed by atoms with E-state index < -0.39 is 0 Å². The standard InChI is InChI=1S/C16H20ClFN2S/c1-9(2)14-8-21-16(20-14)15(19-10(3)4)12-6-5-11(17)7-13(12)18/h5-10,15,19H,1-4H3. The zero-order valence-electron chi connectivity index (χ0n) is 12.7. The summed E-state index contributed by atoms with van der Waals surface area (Å²) in [5.41, 5.74) is 1.62.